The molecule has 16 rings (SSSR count). The van der Waals surface area contributed by atoms with Gasteiger partial charge in [-0.2, -0.15) is 25.5 Å². The Bertz CT molecular complexity index is 6600. The number of aldehydes is 1. The van der Waals surface area contributed by atoms with Crippen molar-refractivity contribution < 1.29 is 58.2 Å². The molecule has 0 bridgehead atoms. The van der Waals surface area contributed by atoms with Crippen LogP contribution in [0.3, 0.4) is 0 Å². The summed E-state index contributed by atoms with van der Waals surface area (Å²) in [5.74, 6) is -0.200. The highest BCUT2D eigenvalue weighted by Gasteiger charge is 2.24. The molecule has 14 heterocycles. The van der Waals surface area contributed by atoms with Gasteiger partial charge in [0, 0.05) is 132 Å². The molecule has 0 saturated heterocycles. The van der Waals surface area contributed by atoms with E-state index in [4.69, 9.17) is 56.2 Å². The van der Waals surface area contributed by atoms with Crippen molar-refractivity contribution in [2.75, 3.05) is 112 Å². The number of nitrogen functional groups attached to an aromatic ring is 2. The number of nitrogens with one attached hydrogen (secondary N) is 2. The quantitative estimate of drug-likeness (QED) is 0.00638. The Morgan fingerprint density at radius 2 is 0.920 bits per heavy atom. The van der Waals surface area contributed by atoms with E-state index >= 15 is 0 Å². The number of aliphatic hydroxyl groups excluding tert-OH is 3. The lowest BCUT2D eigenvalue weighted by Gasteiger charge is -2.18. The van der Waals surface area contributed by atoms with Crippen LogP contribution in [0.2, 0.25) is 0 Å². The number of nitrogens with two attached hydrogens (primary N) is 3. The van der Waals surface area contributed by atoms with Crippen molar-refractivity contribution in [2.45, 2.75) is 85.5 Å². The lowest BCUT2D eigenvalue weighted by atomic mass is 10.1. The number of aromatic nitrogens is 6. The molecule has 0 atom stereocenters. The number of rotatable bonds is 32. The molecule has 0 radical (unpaired) electrons. The largest absolute Gasteiger partial charge is 0.471 e. The number of aliphatic imine (C=N–C) groups is 1. The first-order chi connectivity index (χ1) is 65.9. The van der Waals surface area contributed by atoms with Gasteiger partial charge in [0.15, 0.2) is 11.9 Å². The number of ether oxygens (including phenoxy) is 5. The van der Waals surface area contributed by atoms with E-state index in [1.54, 1.807) is 139 Å². The monoisotopic (exact) mass is 2100 g/mol. The molecule has 40 heteroatoms. The lowest BCUT2D eigenvalue weighted by molar-refractivity contribution is -0.150. The molecule has 0 unspecified atom stereocenters. The number of aliphatic hydroxyl groups is 3. The summed E-state index contributed by atoms with van der Waals surface area (Å²) in [5, 5.41) is 56.9. The van der Waals surface area contributed by atoms with Gasteiger partial charge in [-0.05, 0) is 212 Å². The number of H-pyrrole nitrogens is 1. The van der Waals surface area contributed by atoms with Crippen LogP contribution in [0.4, 0.5) is 42.4 Å². The number of hydrogen-bond donors (Lipinski definition) is 8. The number of hydrogen-bond acceptors (Lipinski definition) is 37. The number of anilines is 6. The van der Waals surface area contributed by atoms with Crippen molar-refractivity contribution in [3.8, 4) is 72.7 Å². The normalized spacial score (nSPS) is 11.4. The fraction of sp³-hybridized carbons (Fsp3) is 0.258. The van der Waals surface area contributed by atoms with E-state index in [-0.39, 0.29) is 56.1 Å². The second kappa shape index (κ2) is 51.8. The maximum Gasteiger partial charge on any atom is 0.407 e. The lowest BCUT2D eigenvalue weighted by Crippen LogP contribution is -2.28. The first-order valence-corrected chi connectivity index (χ1v) is 51.5. The van der Waals surface area contributed by atoms with Crippen LogP contribution in [0, 0.1) is 22.7 Å². The molecule has 137 heavy (non-hydrogen) atoms. The summed E-state index contributed by atoms with van der Waals surface area (Å²) in [4.78, 5) is 97.3. The standard InChI is InChI=1S/C34H35N7O5S2.C19H22N2O3S2.C13H14N6O.C12H13NO2S2.C11H13NOS2.C8H5BrS2/c1-34(2,3)46-31(42)23(18-35)17-24-9-10-26(47-24)27-11-12-28(48-27)41(4)15-16-44-33(43)38-19-21-5-7-22(8-6-21)20-45-30-29-25(13-14-37-29)39-32(36)40-30;1-19(2,3)24-18(23)13(12-20)11-14-5-6-15(25-14)16-7-8-17(26-16)21(4)9-10-22;14-5-8-1-3-9(4-2-8)6-20-12-10-11(17-7-16-10)18-13(15)19-12;1-13(6-7-14)12-5-4-11(17-12)10-3-2-9(8-15)16-10;1-12(6-7-13)11-5-4-10(15-11)9-3-2-8-14-9;9-8-4-3-7(11-8)6-2-1-5-10-6/h5-12,14,17H,13,15-16,19-20H2,1-4H3,(H,38,43)(H2,36,39,40);5-8,11,22H,9-10H2,1-4H3;1-4,7H,5-6,14H2,(H3,15,16,17,18,19);2-5,8,14H,6-7H2,1H3;2-5,8,13H,6-7H2,1H3;1-5H/b23-17+;13-11+;;;;. The summed E-state index contributed by atoms with van der Waals surface area (Å²) in [6.45, 7) is 15.2. The third kappa shape index (κ3) is 32.5. The molecule has 0 spiro atoms. The fourth-order valence-corrected chi connectivity index (χ4v) is 22.1. The van der Waals surface area contributed by atoms with Gasteiger partial charge in [-0.25, -0.2) is 24.4 Å². The van der Waals surface area contributed by atoms with Gasteiger partial charge in [-0.15, -0.1) is 113 Å². The molecule has 0 saturated carbocycles. The zero-order valence-electron chi connectivity index (χ0n) is 76.5. The zero-order chi connectivity index (χ0) is 98.1. The summed E-state index contributed by atoms with van der Waals surface area (Å²) in [6, 6.07) is 60.0. The Balaban J connectivity index is 0.000000171. The van der Waals surface area contributed by atoms with Gasteiger partial charge < -0.3 is 86.1 Å². The van der Waals surface area contributed by atoms with Gasteiger partial charge in [0.1, 0.15) is 65.5 Å². The van der Waals surface area contributed by atoms with Gasteiger partial charge in [-0.3, -0.25) is 9.79 Å². The molecule has 15 aromatic rings. The number of nitrogens with zero attached hydrogens (tertiary/aromatic N) is 12. The Kier molecular flexibility index (Phi) is 39.8. The minimum atomic E-state index is -0.681. The van der Waals surface area contributed by atoms with Crippen LogP contribution >= 0.6 is 129 Å². The smallest absolute Gasteiger partial charge is 0.407 e. The average Bonchev–Trinajstić information content (AvgIpc) is 1.72. The van der Waals surface area contributed by atoms with Crippen LogP contribution in [0.1, 0.15) is 88.9 Å². The predicted octanol–water partition coefficient (Wildman–Crippen LogP) is 21.3. The molecule has 0 aliphatic carbocycles. The molecule has 13 aromatic heterocycles. The second-order valence-electron chi connectivity index (χ2n) is 31.6. The van der Waals surface area contributed by atoms with E-state index < -0.39 is 29.2 Å². The Morgan fingerprint density at radius 1 is 0.511 bits per heavy atom. The number of aromatic amines is 1. The van der Waals surface area contributed by atoms with Crippen LogP contribution < -0.4 is 51.6 Å². The molecule has 11 N–H and O–H groups in total. The molecule has 1 aliphatic rings. The predicted molar refractivity (Wildman–Crippen MR) is 566 cm³/mol. The molecule has 1 amide bonds. The van der Waals surface area contributed by atoms with Gasteiger partial charge in [0.2, 0.25) is 23.7 Å². The van der Waals surface area contributed by atoms with E-state index in [1.165, 1.54) is 68.6 Å². The van der Waals surface area contributed by atoms with Crippen LogP contribution in [-0.2, 0) is 56.5 Å². The zero-order valence-corrected chi connectivity index (χ0v) is 86.2. The molecule has 714 valence electrons. The number of fused-ring (bicyclic) bond motifs is 2. The summed E-state index contributed by atoms with van der Waals surface area (Å²) in [6.07, 6.45) is 7.38. The number of halogens is 1. The molecule has 0 fully saturated rings. The number of esters is 2. The van der Waals surface area contributed by atoms with E-state index in [0.29, 0.717) is 80.9 Å². The molecule has 1 aliphatic heterocycles. The highest BCUT2D eigenvalue weighted by molar-refractivity contribution is 9.11. The van der Waals surface area contributed by atoms with E-state index in [9.17, 15) is 29.7 Å². The number of carbonyl (C=O) groups is 4. The van der Waals surface area contributed by atoms with E-state index in [1.807, 2.05) is 176 Å². The molecular weight excluding hydrogens is 2000 g/mol. The number of carbonyl (C=O) groups excluding carboxylic acids is 4. The van der Waals surface area contributed by atoms with Crippen LogP contribution in [0.15, 0.2) is 207 Å². The number of imidazole rings is 1. The van der Waals surface area contributed by atoms with Crippen molar-refractivity contribution in [1.82, 2.24) is 35.2 Å². The van der Waals surface area contributed by atoms with Crippen molar-refractivity contribution in [2.24, 2.45) is 10.7 Å². The SMILES string of the molecule is Brc1ccc(-c2cccs2)s1.CN(CCO)c1ccc(-c2ccc(/C=C(\C#N)C(=O)OC(C)(C)C)s2)s1.CN(CCO)c1ccc(-c2ccc(C=O)s2)s1.CN(CCO)c1ccc(-c2cccs2)s1.CN(CCOC(=O)NCc1ccc(COc2nc(N)nc3c2N=CC3)cc1)c1ccc(-c2ccc(/C=C(\C#N)C(=O)OC(C)(C)C)s2)s1.NCc1ccc(COc2nc(N)nc3nc[nH]c23)cc1. The van der Waals surface area contributed by atoms with Gasteiger partial charge in [-0.1, -0.05) is 60.7 Å². The highest BCUT2D eigenvalue weighted by Crippen LogP contribution is 2.43. The van der Waals surface area contributed by atoms with Gasteiger partial charge >= 0.3 is 18.0 Å². The highest BCUT2D eigenvalue weighted by atomic mass is 79.9. The van der Waals surface area contributed by atoms with Gasteiger partial charge in [0.25, 0.3) is 0 Å². The number of alkyl carbamates (subject to hydrolysis) is 1. The van der Waals surface area contributed by atoms with Crippen LogP contribution in [0.5, 0.6) is 11.8 Å². The van der Waals surface area contributed by atoms with Crippen molar-refractivity contribution in [3.05, 3.63) is 244 Å². The van der Waals surface area contributed by atoms with Crippen molar-refractivity contribution in [3.63, 3.8) is 0 Å². The Morgan fingerprint density at radius 3 is 1.35 bits per heavy atom. The average molecular weight is 2100 g/mol. The fourth-order valence-electron chi connectivity index (χ4n) is 12.1. The maximum absolute atomic E-state index is 12.3. The maximum atomic E-state index is 12.3. The summed E-state index contributed by atoms with van der Waals surface area (Å²) in [7, 11) is 7.83. The van der Waals surface area contributed by atoms with Crippen LogP contribution in [0.25, 0.3) is 72.1 Å². The van der Waals surface area contributed by atoms with Crippen molar-refractivity contribution in [1.29, 1.82) is 10.5 Å². The molecule has 29 nitrogen and oxygen atoms in total. The number of nitriles is 2. The summed E-state index contributed by atoms with van der Waals surface area (Å²) >= 11 is 19.9. The van der Waals surface area contributed by atoms with E-state index in [0.717, 1.165) is 93.1 Å². The molecular formula is C97H102BrN17O12S10. The number of amides is 1. The summed E-state index contributed by atoms with van der Waals surface area (Å²) < 4.78 is 28.7. The number of likely N-dealkylation sites (N-methyl/N-ethyl adjacent to an activating group) is 4. The first-order valence-electron chi connectivity index (χ1n) is 42.4. The number of benzene rings is 2. The Hall–Kier alpha value is -12.2. The third-order valence-corrected chi connectivity index (χ3v) is 31.1. The second-order valence-corrected chi connectivity index (χ2v) is 43.6. The third-order valence-electron chi connectivity index (χ3n) is 18.9. The number of thiophene rings is 10. The van der Waals surface area contributed by atoms with Crippen LogP contribution in [-0.4, -0.2) is 168 Å². The summed E-state index contributed by atoms with van der Waals surface area (Å²) in [5.41, 5.74) is 22.0. The minimum absolute atomic E-state index is 0.0112. The van der Waals surface area contributed by atoms with Crippen molar-refractivity contribution >= 4 is 221 Å². The topological polar surface area (TPSA) is 418 Å². The first kappa shape index (κ1) is 105. The van der Waals surface area contributed by atoms with Gasteiger partial charge in [0.05, 0.1) is 67.1 Å². The van der Waals surface area contributed by atoms with E-state index in [2.05, 4.69) is 120 Å². The molecule has 2 aromatic carbocycles. The Labute approximate surface area is 842 Å². The minimum Gasteiger partial charge on any atom is -0.471 e.